The third-order valence-electron chi connectivity index (χ3n) is 3.18. The molecule has 1 aliphatic rings. The van der Waals surface area contributed by atoms with E-state index in [2.05, 4.69) is 15.9 Å². The maximum atomic E-state index is 12.5. The number of ether oxygens (including phenoxy) is 1. The van der Waals surface area contributed by atoms with Gasteiger partial charge in [-0.05, 0) is 47.5 Å². The molecule has 1 amide bonds. The first-order chi connectivity index (χ1) is 9.38. The van der Waals surface area contributed by atoms with Crippen molar-refractivity contribution in [3.8, 4) is 0 Å². The fourth-order valence-corrected chi connectivity index (χ4v) is 2.88. The zero-order valence-corrected chi connectivity index (χ0v) is 12.9. The largest absolute Gasteiger partial charge is 0.479 e. The average Bonchev–Trinajstić information content (AvgIpc) is 2.37. The quantitative estimate of drug-likeness (QED) is 0.894. The number of halogens is 1. The van der Waals surface area contributed by atoms with E-state index in [1.165, 1.54) is 4.90 Å². The second-order valence-electron chi connectivity index (χ2n) is 4.97. The van der Waals surface area contributed by atoms with Gasteiger partial charge in [0.2, 0.25) is 0 Å². The molecule has 0 spiro atoms. The lowest BCUT2D eigenvalue weighted by Gasteiger charge is -2.35. The fraction of sp³-hybridized carbons (Fsp3) is 0.429. The molecule has 1 aromatic carbocycles. The lowest BCUT2D eigenvalue weighted by molar-refractivity contribution is -0.160. The summed E-state index contributed by atoms with van der Waals surface area (Å²) in [5.74, 6) is -1.23. The Balaban J connectivity index is 2.21. The summed E-state index contributed by atoms with van der Waals surface area (Å²) in [6.45, 7) is 4.16. The Morgan fingerprint density at radius 1 is 1.40 bits per heavy atom. The maximum absolute atomic E-state index is 12.5. The molecule has 0 bridgehead atoms. The Kier molecular flexibility index (Phi) is 4.45. The van der Waals surface area contributed by atoms with Crippen molar-refractivity contribution in [2.45, 2.75) is 26.1 Å². The molecule has 1 unspecified atom stereocenters. The lowest BCUT2D eigenvalue weighted by atomic mass is 10.1. The summed E-state index contributed by atoms with van der Waals surface area (Å²) in [5, 5.41) is 9.04. The molecule has 1 N–H and O–H groups in total. The Morgan fingerprint density at radius 3 is 2.70 bits per heavy atom. The van der Waals surface area contributed by atoms with Gasteiger partial charge in [-0.3, -0.25) is 4.79 Å². The van der Waals surface area contributed by atoms with E-state index in [9.17, 15) is 9.59 Å². The van der Waals surface area contributed by atoms with E-state index >= 15 is 0 Å². The van der Waals surface area contributed by atoms with Crippen molar-refractivity contribution in [1.82, 2.24) is 4.90 Å². The molecule has 6 heteroatoms. The molecule has 1 aromatic rings. The molecule has 0 aliphatic carbocycles. The first-order valence-corrected chi connectivity index (χ1v) is 7.11. The zero-order valence-electron chi connectivity index (χ0n) is 11.3. The molecule has 1 saturated heterocycles. The number of hydrogen-bond acceptors (Lipinski definition) is 3. The van der Waals surface area contributed by atoms with Gasteiger partial charge in [-0.1, -0.05) is 6.07 Å². The second-order valence-corrected chi connectivity index (χ2v) is 5.82. The highest BCUT2D eigenvalue weighted by atomic mass is 79.9. The highest BCUT2D eigenvalue weighted by Gasteiger charge is 2.33. The molecule has 1 aliphatic heterocycles. The van der Waals surface area contributed by atoms with Crippen LogP contribution in [-0.4, -0.2) is 47.2 Å². The number of morpholine rings is 1. The van der Waals surface area contributed by atoms with E-state index in [1.807, 2.05) is 19.1 Å². The molecule has 5 nitrogen and oxygen atoms in total. The Hall–Kier alpha value is -1.40. The number of aliphatic carboxylic acids is 1. The molecule has 2 atom stereocenters. The van der Waals surface area contributed by atoms with Crippen LogP contribution in [0.25, 0.3) is 0 Å². The van der Waals surface area contributed by atoms with Gasteiger partial charge in [0, 0.05) is 11.0 Å². The SMILES string of the molecule is Cc1ccc(C(=O)N2CC(C(=O)O)O[C@H](C)C2)c(Br)c1. The summed E-state index contributed by atoms with van der Waals surface area (Å²) < 4.78 is 6.02. The van der Waals surface area contributed by atoms with Crippen LogP contribution in [0.5, 0.6) is 0 Å². The normalized spacial score (nSPS) is 22.6. The van der Waals surface area contributed by atoms with Crippen LogP contribution in [0, 0.1) is 6.92 Å². The summed E-state index contributed by atoms with van der Waals surface area (Å²) in [7, 11) is 0. The zero-order chi connectivity index (χ0) is 14.9. The fourth-order valence-electron chi connectivity index (χ4n) is 2.22. The van der Waals surface area contributed by atoms with E-state index in [-0.39, 0.29) is 18.6 Å². The van der Waals surface area contributed by atoms with Crippen LogP contribution in [-0.2, 0) is 9.53 Å². The van der Waals surface area contributed by atoms with Crippen LogP contribution in [0.15, 0.2) is 22.7 Å². The number of carbonyl (C=O) groups excluding carboxylic acids is 1. The van der Waals surface area contributed by atoms with Crippen molar-refractivity contribution in [2.24, 2.45) is 0 Å². The summed E-state index contributed by atoms with van der Waals surface area (Å²) in [4.78, 5) is 25.1. The number of benzene rings is 1. The van der Waals surface area contributed by atoms with Crippen molar-refractivity contribution in [2.75, 3.05) is 13.1 Å². The molecule has 0 saturated carbocycles. The van der Waals surface area contributed by atoms with Crippen molar-refractivity contribution >= 4 is 27.8 Å². The highest BCUT2D eigenvalue weighted by molar-refractivity contribution is 9.10. The van der Waals surface area contributed by atoms with Crippen LogP contribution in [0.1, 0.15) is 22.8 Å². The number of carboxylic acid groups (broad SMARTS) is 1. The molecule has 0 radical (unpaired) electrons. The van der Waals surface area contributed by atoms with Gasteiger partial charge in [-0.15, -0.1) is 0 Å². The minimum absolute atomic E-state index is 0.0683. The lowest BCUT2D eigenvalue weighted by Crippen LogP contribution is -2.51. The minimum atomic E-state index is -1.04. The van der Waals surface area contributed by atoms with Gasteiger partial charge in [0.15, 0.2) is 6.10 Å². The summed E-state index contributed by atoms with van der Waals surface area (Å²) in [6, 6.07) is 5.47. The van der Waals surface area contributed by atoms with Gasteiger partial charge in [0.05, 0.1) is 18.2 Å². The Bertz CT molecular complexity index is 546. The van der Waals surface area contributed by atoms with Crippen LogP contribution in [0.4, 0.5) is 0 Å². The van der Waals surface area contributed by atoms with E-state index < -0.39 is 12.1 Å². The van der Waals surface area contributed by atoms with Crippen LogP contribution < -0.4 is 0 Å². The van der Waals surface area contributed by atoms with Gasteiger partial charge in [-0.2, -0.15) is 0 Å². The third-order valence-corrected chi connectivity index (χ3v) is 3.83. The molecule has 20 heavy (non-hydrogen) atoms. The smallest absolute Gasteiger partial charge is 0.334 e. The van der Waals surface area contributed by atoms with Crippen LogP contribution in [0.2, 0.25) is 0 Å². The molecule has 0 aromatic heterocycles. The Labute approximate surface area is 125 Å². The van der Waals surface area contributed by atoms with E-state index in [0.717, 1.165) is 5.56 Å². The minimum Gasteiger partial charge on any atom is -0.479 e. The van der Waals surface area contributed by atoms with Gasteiger partial charge in [0.1, 0.15) is 0 Å². The number of aryl methyl sites for hydroxylation is 1. The number of nitrogens with zero attached hydrogens (tertiary/aromatic N) is 1. The molecule has 1 fully saturated rings. The Morgan fingerprint density at radius 2 is 2.10 bits per heavy atom. The standard InChI is InChI=1S/C14H16BrNO4/c1-8-3-4-10(11(15)5-8)13(17)16-6-9(2)20-12(7-16)14(18)19/h3-5,9,12H,6-7H2,1-2H3,(H,18,19)/t9-,12?/m1/s1. The van der Waals surface area contributed by atoms with Crippen molar-refractivity contribution in [3.63, 3.8) is 0 Å². The monoisotopic (exact) mass is 341 g/mol. The van der Waals surface area contributed by atoms with Crippen molar-refractivity contribution in [1.29, 1.82) is 0 Å². The van der Waals surface area contributed by atoms with E-state index in [0.29, 0.717) is 16.6 Å². The van der Waals surface area contributed by atoms with Gasteiger partial charge >= 0.3 is 5.97 Å². The molecule has 1 heterocycles. The first kappa shape index (κ1) is 15.0. The number of rotatable bonds is 2. The van der Waals surface area contributed by atoms with Gasteiger partial charge in [-0.25, -0.2) is 4.79 Å². The predicted octanol–water partition coefficient (Wildman–Crippen LogP) is 2.07. The first-order valence-electron chi connectivity index (χ1n) is 6.32. The third kappa shape index (κ3) is 3.19. The second kappa shape index (κ2) is 5.93. The van der Waals surface area contributed by atoms with Crippen LogP contribution >= 0.6 is 15.9 Å². The van der Waals surface area contributed by atoms with Crippen LogP contribution in [0.3, 0.4) is 0 Å². The molecular weight excluding hydrogens is 326 g/mol. The number of carboxylic acids is 1. The number of amides is 1. The molecule has 2 rings (SSSR count). The average molecular weight is 342 g/mol. The number of carbonyl (C=O) groups is 2. The van der Waals surface area contributed by atoms with Crippen molar-refractivity contribution < 1.29 is 19.4 Å². The summed E-state index contributed by atoms with van der Waals surface area (Å²) in [6.07, 6.45) is -1.26. The number of hydrogen-bond donors (Lipinski definition) is 1. The predicted molar refractivity (Wildman–Crippen MR) is 76.8 cm³/mol. The summed E-state index contributed by atoms with van der Waals surface area (Å²) in [5.41, 5.74) is 1.58. The molecule has 108 valence electrons. The van der Waals surface area contributed by atoms with Gasteiger partial charge < -0.3 is 14.7 Å². The maximum Gasteiger partial charge on any atom is 0.334 e. The summed E-state index contributed by atoms with van der Waals surface area (Å²) >= 11 is 3.38. The highest BCUT2D eigenvalue weighted by Crippen LogP contribution is 2.22. The van der Waals surface area contributed by atoms with Gasteiger partial charge in [0.25, 0.3) is 5.91 Å². The van der Waals surface area contributed by atoms with E-state index in [4.69, 9.17) is 9.84 Å². The van der Waals surface area contributed by atoms with Crippen molar-refractivity contribution in [3.05, 3.63) is 33.8 Å². The van der Waals surface area contributed by atoms with E-state index in [1.54, 1.807) is 13.0 Å². The molecular formula is C14H16BrNO4. The topological polar surface area (TPSA) is 66.8 Å².